The van der Waals surface area contributed by atoms with Crippen molar-refractivity contribution in [3.8, 4) is 0 Å². The number of rotatable bonds is 10. The van der Waals surface area contributed by atoms with Gasteiger partial charge in [-0.3, -0.25) is 13.9 Å². The average molecular weight is 520 g/mol. The fourth-order valence-electron chi connectivity index (χ4n) is 3.86. The number of hydrogen-bond acceptors (Lipinski definition) is 4. The predicted octanol–water partition coefficient (Wildman–Crippen LogP) is 4.32. The molecule has 2 amide bonds. The van der Waals surface area contributed by atoms with Gasteiger partial charge in [0, 0.05) is 30.6 Å². The van der Waals surface area contributed by atoms with Crippen molar-refractivity contribution in [3.63, 3.8) is 0 Å². The Morgan fingerprint density at radius 1 is 1.06 bits per heavy atom. The van der Waals surface area contributed by atoms with Crippen LogP contribution in [0.1, 0.15) is 57.2 Å². The van der Waals surface area contributed by atoms with E-state index in [1.165, 1.54) is 15.3 Å². The first-order valence-corrected chi connectivity index (χ1v) is 13.9. The quantitative estimate of drug-likeness (QED) is 0.507. The largest absolute Gasteiger partial charge is 0.350 e. The van der Waals surface area contributed by atoms with Gasteiger partial charge in [-0.15, -0.1) is 0 Å². The normalized spacial score (nSPS) is 12.7. The van der Waals surface area contributed by atoms with Crippen molar-refractivity contribution in [3.05, 3.63) is 65.0 Å². The number of halogens is 1. The number of carbonyl (C=O) groups excluding carboxylic acids is 2. The molecule has 0 aromatic heterocycles. The Morgan fingerprint density at radius 2 is 1.69 bits per heavy atom. The summed E-state index contributed by atoms with van der Waals surface area (Å²) in [4.78, 5) is 27.5. The van der Waals surface area contributed by atoms with E-state index in [0.29, 0.717) is 11.3 Å². The number of hydrogen-bond donors (Lipinski definition) is 1. The second-order valence-electron chi connectivity index (χ2n) is 10.2. The van der Waals surface area contributed by atoms with Crippen LogP contribution in [0.5, 0.6) is 0 Å². The molecule has 198 valence electrons. The molecular formula is C27H38FN3O4S. The number of aryl methyl sites for hydroxylation is 1. The van der Waals surface area contributed by atoms with Crippen molar-refractivity contribution >= 4 is 27.5 Å². The van der Waals surface area contributed by atoms with Crippen LogP contribution in [-0.4, -0.2) is 49.5 Å². The molecule has 0 unspecified atom stereocenters. The molecule has 7 nitrogen and oxygen atoms in total. The average Bonchev–Trinajstić information content (AvgIpc) is 2.76. The summed E-state index contributed by atoms with van der Waals surface area (Å²) in [5.74, 6) is -1.17. The molecular weight excluding hydrogens is 481 g/mol. The molecule has 2 rings (SSSR count). The Balaban J connectivity index is 2.24. The minimum absolute atomic E-state index is 0.00151. The first-order chi connectivity index (χ1) is 16.6. The summed E-state index contributed by atoms with van der Waals surface area (Å²) in [5, 5.41) is 2.87. The van der Waals surface area contributed by atoms with Crippen LogP contribution in [0.15, 0.2) is 42.5 Å². The molecule has 9 heteroatoms. The van der Waals surface area contributed by atoms with Crippen LogP contribution in [-0.2, 0) is 26.2 Å². The molecule has 0 saturated heterocycles. The van der Waals surface area contributed by atoms with Gasteiger partial charge in [0.15, 0.2) is 0 Å². The molecule has 0 bridgehead atoms. The summed E-state index contributed by atoms with van der Waals surface area (Å²) in [6.07, 6.45) is 1.37. The van der Waals surface area contributed by atoms with Crippen molar-refractivity contribution in [1.82, 2.24) is 10.2 Å². The third-order valence-corrected chi connectivity index (χ3v) is 7.14. The van der Waals surface area contributed by atoms with Gasteiger partial charge >= 0.3 is 0 Å². The number of nitrogens with zero attached hydrogens (tertiary/aromatic N) is 2. The molecule has 1 atom stereocenters. The highest BCUT2D eigenvalue weighted by molar-refractivity contribution is 7.92. The molecule has 0 aliphatic heterocycles. The van der Waals surface area contributed by atoms with E-state index >= 15 is 0 Å². The Morgan fingerprint density at radius 3 is 2.28 bits per heavy atom. The third-order valence-electron chi connectivity index (χ3n) is 5.96. The van der Waals surface area contributed by atoms with Crippen molar-refractivity contribution < 1.29 is 22.4 Å². The van der Waals surface area contributed by atoms with E-state index in [2.05, 4.69) is 5.32 Å². The van der Waals surface area contributed by atoms with Crippen LogP contribution in [0.3, 0.4) is 0 Å². The zero-order valence-electron chi connectivity index (χ0n) is 22.3. The summed E-state index contributed by atoms with van der Waals surface area (Å²) in [7, 11) is -3.58. The van der Waals surface area contributed by atoms with Crippen LogP contribution < -0.4 is 9.62 Å². The minimum atomic E-state index is -3.58. The number of nitrogens with one attached hydrogen (secondary N) is 1. The van der Waals surface area contributed by atoms with Crippen molar-refractivity contribution in [1.29, 1.82) is 0 Å². The van der Waals surface area contributed by atoms with E-state index in [4.69, 9.17) is 0 Å². The highest BCUT2D eigenvalue weighted by Crippen LogP contribution is 2.25. The fourth-order valence-corrected chi connectivity index (χ4v) is 4.87. The third kappa shape index (κ3) is 8.05. The van der Waals surface area contributed by atoms with Gasteiger partial charge in [0.1, 0.15) is 11.9 Å². The van der Waals surface area contributed by atoms with Gasteiger partial charge in [0.05, 0.1) is 11.9 Å². The van der Waals surface area contributed by atoms with Gasteiger partial charge in [-0.05, 0) is 71.2 Å². The Bertz CT molecular complexity index is 1190. The fraction of sp³-hybridized carbons (Fsp3) is 0.481. The van der Waals surface area contributed by atoms with Crippen LogP contribution in [0.4, 0.5) is 10.1 Å². The lowest BCUT2D eigenvalue weighted by molar-refractivity contribution is -0.141. The molecule has 0 spiro atoms. The zero-order valence-corrected chi connectivity index (χ0v) is 23.1. The SMILES string of the molecule is Cc1cccc(N(CCCC(=O)N(Cc2ccccc2F)[C@@H](C)C(=O)NC(C)(C)C)S(C)(=O)=O)c1C. The monoisotopic (exact) mass is 519 g/mol. The summed E-state index contributed by atoms with van der Waals surface area (Å²) >= 11 is 0. The smallest absolute Gasteiger partial charge is 0.242 e. The lowest BCUT2D eigenvalue weighted by Gasteiger charge is -2.32. The second-order valence-corrected chi connectivity index (χ2v) is 12.1. The highest BCUT2D eigenvalue weighted by atomic mass is 32.2. The standard InChI is InChI=1S/C27H38FN3O4S/c1-19-12-10-15-24(20(19)2)31(36(7,34)35)17-11-16-25(32)30(18-22-13-8-9-14-23(22)28)21(3)26(33)29-27(4,5)6/h8-10,12-15,21H,11,16-18H2,1-7H3,(H,29,33)/t21-/m0/s1. The molecule has 0 aliphatic carbocycles. The Labute approximate surface area is 214 Å². The summed E-state index contributed by atoms with van der Waals surface area (Å²) in [6, 6.07) is 10.7. The second kappa shape index (κ2) is 11.9. The van der Waals surface area contributed by atoms with Gasteiger partial charge in [0.2, 0.25) is 21.8 Å². The van der Waals surface area contributed by atoms with E-state index in [0.717, 1.165) is 17.4 Å². The van der Waals surface area contributed by atoms with Gasteiger partial charge < -0.3 is 10.2 Å². The van der Waals surface area contributed by atoms with Crippen LogP contribution >= 0.6 is 0 Å². The van der Waals surface area contributed by atoms with Crippen LogP contribution in [0.2, 0.25) is 0 Å². The van der Waals surface area contributed by atoms with Gasteiger partial charge in [-0.25, -0.2) is 12.8 Å². The first kappa shape index (κ1) is 29.3. The van der Waals surface area contributed by atoms with Crippen molar-refractivity contribution in [2.24, 2.45) is 0 Å². The summed E-state index contributed by atoms with van der Waals surface area (Å²) < 4.78 is 40.8. The number of carbonyl (C=O) groups is 2. The molecule has 1 N–H and O–H groups in total. The Hall–Kier alpha value is -2.94. The van der Waals surface area contributed by atoms with E-state index in [-0.39, 0.29) is 37.7 Å². The van der Waals surface area contributed by atoms with Gasteiger partial charge in [-0.2, -0.15) is 0 Å². The van der Waals surface area contributed by atoms with Gasteiger partial charge in [0.25, 0.3) is 0 Å². The number of amides is 2. The first-order valence-electron chi connectivity index (χ1n) is 12.0. The van der Waals surface area contributed by atoms with Crippen LogP contribution in [0.25, 0.3) is 0 Å². The molecule has 36 heavy (non-hydrogen) atoms. The topological polar surface area (TPSA) is 86.8 Å². The lowest BCUT2D eigenvalue weighted by atomic mass is 10.1. The predicted molar refractivity (Wildman–Crippen MR) is 142 cm³/mol. The van der Waals surface area contributed by atoms with Crippen LogP contribution in [0, 0.1) is 19.7 Å². The van der Waals surface area contributed by atoms with E-state index in [9.17, 15) is 22.4 Å². The molecule has 2 aromatic carbocycles. The zero-order chi connectivity index (χ0) is 27.3. The summed E-state index contributed by atoms with van der Waals surface area (Å²) in [6.45, 7) is 10.9. The highest BCUT2D eigenvalue weighted by Gasteiger charge is 2.29. The lowest BCUT2D eigenvalue weighted by Crippen LogP contribution is -2.52. The number of sulfonamides is 1. The van der Waals surface area contributed by atoms with E-state index in [1.807, 2.05) is 40.7 Å². The van der Waals surface area contributed by atoms with Crippen molar-refractivity contribution in [2.45, 2.75) is 72.5 Å². The maximum absolute atomic E-state index is 14.4. The molecule has 0 heterocycles. The molecule has 2 aromatic rings. The molecule has 0 fully saturated rings. The molecule has 0 radical (unpaired) electrons. The number of benzene rings is 2. The van der Waals surface area contributed by atoms with Crippen molar-refractivity contribution in [2.75, 3.05) is 17.1 Å². The summed E-state index contributed by atoms with van der Waals surface area (Å²) in [5.41, 5.74) is 2.19. The minimum Gasteiger partial charge on any atom is -0.350 e. The molecule has 0 saturated carbocycles. The number of anilines is 1. The Kier molecular flexibility index (Phi) is 9.65. The molecule has 0 aliphatic rings. The maximum atomic E-state index is 14.4. The maximum Gasteiger partial charge on any atom is 0.242 e. The van der Waals surface area contributed by atoms with E-state index < -0.39 is 27.4 Å². The van der Waals surface area contributed by atoms with Gasteiger partial charge in [-0.1, -0.05) is 30.3 Å². The van der Waals surface area contributed by atoms with E-state index in [1.54, 1.807) is 37.3 Å².